The van der Waals surface area contributed by atoms with Gasteiger partial charge in [0.1, 0.15) is 0 Å². The van der Waals surface area contributed by atoms with E-state index in [4.69, 9.17) is 0 Å². The molecule has 1 aromatic carbocycles. The maximum atomic E-state index is 12.8. The van der Waals surface area contributed by atoms with E-state index in [0.29, 0.717) is 5.69 Å². The van der Waals surface area contributed by atoms with E-state index < -0.39 is 0 Å². The smallest absolute Gasteiger partial charge is 0.238 e. The van der Waals surface area contributed by atoms with Crippen LogP contribution in [0.1, 0.15) is 18.4 Å². The summed E-state index contributed by atoms with van der Waals surface area (Å²) in [5.41, 5.74) is 1.79. The summed E-state index contributed by atoms with van der Waals surface area (Å²) >= 11 is 3.50. The Morgan fingerprint density at radius 3 is 2.10 bits per heavy atom. The Bertz CT molecular complexity index is 649. The molecule has 2 bridgehead atoms. The Hall–Kier alpha value is -1.42. The molecule has 2 amide bonds. The molecule has 0 spiro atoms. The number of amides is 2. The molecule has 0 aromatic heterocycles. The summed E-state index contributed by atoms with van der Waals surface area (Å²) in [6, 6.07) is 5.75. The Labute approximate surface area is 132 Å². The number of nitrogens with zero attached hydrogens (tertiary/aromatic N) is 1. The molecule has 2 fully saturated rings. The van der Waals surface area contributed by atoms with Crippen LogP contribution in [0, 0.1) is 30.6 Å². The topological polar surface area (TPSA) is 37.4 Å². The minimum atomic E-state index is -0.144. The van der Waals surface area contributed by atoms with Crippen molar-refractivity contribution in [3.63, 3.8) is 0 Å². The maximum Gasteiger partial charge on any atom is 0.238 e. The Morgan fingerprint density at radius 2 is 1.62 bits per heavy atom. The third-order valence-electron chi connectivity index (χ3n) is 5.10. The van der Waals surface area contributed by atoms with Gasteiger partial charge < -0.3 is 0 Å². The normalized spacial score (nSPS) is 33.7. The number of hydrogen-bond donors (Lipinski definition) is 0. The molecule has 1 saturated carbocycles. The zero-order chi connectivity index (χ0) is 14.7. The molecule has 0 N–H and O–H groups in total. The monoisotopic (exact) mass is 345 g/mol. The first-order chi connectivity index (χ1) is 10.1. The number of carbonyl (C=O) groups excluding carboxylic acids is 2. The second kappa shape index (κ2) is 4.54. The summed E-state index contributed by atoms with van der Waals surface area (Å²) in [4.78, 5) is 27.1. The number of benzene rings is 1. The van der Waals surface area contributed by atoms with Gasteiger partial charge in [-0.3, -0.25) is 9.59 Å². The second-order valence-corrected chi connectivity index (χ2v) is 7.16. The van der Waals surface area contributed by atoms with Gasteiger partial charge in [0.15, 0.2) is 0 Å². The highest BCUT2D eigenvalue weighted by molar-refractivity contribution is 9.10. The number of halogens is 1. The van der Waals surface area contributed by atoms with Gasteiger partial charge in [-0.2, -0.15) is 0 Å². The Kier molecular flexibility index (Phi) is 2.86. The number of carbonyl (C=O) groups is 2. The molecular formula is C17H16BrNO2. The summed E-state index contributed by atoms with van der Waals surface area (Å²) in [5.74, 6) is 0.155. The van der Waals surface area contributed by atoms with E-state index >= 15 is 0 Å². The fourth-order valence-corrected chi connectivity index (χ4v) is 4.78. The minimum absolute atomic E-state index is 0.0198. The zero-order valence-corrected chi connectivity index (χ0v) is 13.3. The van der Waals surface area contributed by atoms with E-state index in [0.717, 1.165) is 22.9 Å². The molecule has 1 saturated heterocycles. The van der Waals surface area contributed by atoms with Crippen molar-refractivity contribution in [2.75, 3.05) is 4.90 Å². The lowest BCUT2D eigenvalue weighted by atomic mass is 9.63. The van der Waals surface area contributed by atoms with Crippen molar-refractivity contribution in [1.82, 2.24) is 0 Å². The number of rotatable bonds is 1. The van der Waals surface area contributed by atoms with E-state index in [9.17, 15) is 9.59 Å². The third-order valence-corrected chi connectivity index (χ3v) is 5.74. The van der Waals surface area contributed by atoms with Gasteiger partial charge in [0.25, 0.3) is 0 Å². The van der Waals surface area contributed by atoms with Crippen molar-refractivity contribution in [3.8, 4) is 0 Å². The van der Waals surface area contributed by atoms with Gasteiger partial charge in [0, 0.05) is 4.47 Å². The molecule has 0 radical (unpaired) electrons. The number of hydrogen-bond acceptors (Lipinski definition) is 2. The van der Waals surface area contributed by atoms with Crippen LogP contribution in [0.3, 0.4) is 0 Å². The van der Waals surface area contributed by atoms with Crippen LogP contribution in [0.2, 0.25) is 0 Å². The van der Waals surface area contributed by atoms with Crippen molar-refractivity contribution in [2.24, 2.45) is 23.7 Å². The highest BCUT2D eigenvalue weighted by Gasteiger charge is 2.57. The van der Waals surface area contributed by atoms with E-state index in [1.54, 1.807) is 0 Å². The number of allylic oxidation sites excluding steroid dienone is 2. The van der Waals surface area contributed by atoms with Gasteiger partial charge >= 0.3 is 0 Å². The highest BCUT2D eigenvalue weighted by atomic mass is 79.9. The number of aryl methyl sites for hydroxylation is 1. The third kappa shape index (κ3) is 1.78. The van der Waals surface area contributed by atoms with Crippen LogP contribution in [0.5, 0.6) is 0 Å². The maximum absolute atomic E-state index is 12.8. The van der Waals surface area contributed by atoms with Crippen LogP contribution in [0.25, 0.3) is 0 Å². The number of imide groups is 1. The largest absolute Gasteiger partial charge is 0.274 e. The first kappa shape index (κ1) is 13.3. The molecule has 5 rings (SSSR count). The summed E-state index contributed by atoms with van der Waals surface area (Å²) in [6.07, 6.45) is 6.36. The quantitative estimate of drug-likeness (QED) is 0.577. The molecule has 1 aromatic rings. The second-order valence-electron chi connectivity index (χ2n) is 6.31. The average Bonchev–Trinajstić information content (AvgIpc) is 2.75. The van der Waals surface area contributed by atoms with Crippen molar-refractivity contribution < 1.29 is 9.59 Å². The summed E-state index contributed by atoms with van der Waals surface area (Å²) in [5, 5.41) is 0. The molecule has 1 heterocycles. The number of anilines is 1. The first-order valence-corrected chi connectivity index (χ1v) is 8.19. The fourth-order valence-electron chi connectivity index (χ4n) is 4.10. The molecule has 21 heavy (non-hydrogen) atoms. The standard InChI is InChI=1S/C17H16BrNO2/c1-9-2-7-13(12(18)8-9)19-16(20)14-10-3-4-11(6-5-10)15(14)17(19)21/h2-4,7-8,10-11,14-15H,5-6H2,1H3/t10-,11-,14-,15-/m1/s1. The predicted octanol–water partition coefficient (Wildman–Crippen LogP) is 3.46. The summed E-state index contributed by atoms with van der Waals surface area (Å²) < 4.78 is 0.808. The fraction of sp³-hybridized carbons (Fsp3) is 0.412. The SMILES string of the molecule is Cc1ccc(N2C(=O)[C@H]3[C@H](C2=O)[C@@H]2C=C[C@@H]3CC2)c(Br)c1. The van der Waals surface area contributed by atoms with Gasteiger partial charge in [0.2, 0.25) is 11.8 Å². The van der Waals surface area contributed by atoms with Gasteiger partial charge in [-0.05, 0) is 65.2 Å². The molecule has 4 heteroatoms. The zero-order valence-electron chi connectivity index (χ0n) is 11.8. The van der Waals surface area contributed by atoms with Gasteiger partial charge in [-0.1, -0.05) is 18.2 Å². The summed E-state index contributed by atoms with van der Waals surface area (Å²) in [6.45, 7) is 1.99. The van der Waals surface area contributed by atoms with Crippen LogP contribution >= 0.6 is 15.9 Å². The molecule has 3 aliphatic carbocycles. The molecule has 3 nitrogen and oxygen atoms in total. The van der Waals surface area contributed by atoms with Crippen LogP contribution in [-0.4, -0.2) is 11.8 Å². The lowest BCUT2D eigenvalue weighted by molar-refractivity contribution is -0.124. The van der Waals surface area contributed by atoms with E-state index in [1.165, 1.54) is 4.90 Å². The van der Waals surface area contributed by atoms with E-state index in [2.05, 4.69) is 28.1 Å². The van der Waals surface area contributed by atoms with Crippen LogP contribution in [0.4, 0.5) is 5.69 Å². The lowest BCUT2D eigenvalue weighted by Gasteiger charge is -2.38. The minimum Gasteiger partial charge on any atom is -0.274 e. The molecule has 108 valence electrons. The Morgan fingerprint density at radius 1 is 1.05 bits per heavy atom. The average molecular weight is 346 g/mol. The van der Waals surface area contributed by atoms with Crippen molar-refractivity contribution in [1.29, 1.82) is 0 Å². The van der Waals surface area contributed by atoms with Gasteiger partial charge in [-0.15, -0.1) is 0 Å². The van der Waals surface area contributed by atoms with Crippen LogP contribution < -0.4 is 4.90 Å². The van der Waals surface area contributed by atoms with Gasteiger partial charge in [0.05, 0.1) is 17.5 Å². The van der Waals surface area contributed by atoms with Crippen LogP contribution in [-0.2, 0) is 9.59 Å². The Balaban J connectivity index is 1.78. The molecular weight excluding hydrogens is 330 g/mol. The molecule has 1 aliphatic heterocycles. The van der Waals surface area contributed by atoms with Crippen LogP contribution in [0.15, 0.2) is 34.8 Å². The lowest BCUT2D eigenvalue weighted by Crippen LogP contribution is -2.38. The number of fused-ring (bicyclic) bond motifs is 1. The van der Waals surface area contributed by atoms with Crippen molar-refractivity contribution in [2.45, 2.75) is 19.8 Å². The van der Waals surface area contributed by atoms with Crippen molar-refractivity contribution in [3.05, 3.63) is 40.4 Å². The van der Waals surface area contributed by atoms with Gasteiger partial charge in [-0.25, -0.2) is 4.90 Å². The first-order valence-electron chi connectivity index (χ1n) is 7.40. The molecule has 4 atom stereocenters. The molecule has 4 aliphatic rings. The highest BCUT2D eigenvalue weighted by Crippen LogP contribution is 2.51. The van der Waals surface area contributed by atoms with Crippen molar-refractivity contribution >= 4 is 33.4 Å². The molecule has 0 unspecified atom stereocenters. The summed E-state index contributed by atoms with van der Waals surface area (Å²) in [7, 11) is 0. The predicted molar refractivity (Wildman–Crippen MR) is 83.7 cm³/mol. The van der Waals surface area contributed by atoms with E-state index in [-0.39, 0.29) is 35.5 Å². The van der Waals surface area contributed by atoms with E-state index in [1.807, 2.05) is 25.1 Å².